The van der Waals surface area contributed by atoms with E-state index in [1.54, 1.807) is 0 Å². The summed E-state index contributed by atoms with van der Waals surface area (Å²) in [5, 5.41) is 0. The Balaban J connectivity index is 1.11. The number of carbonyl (C=O) groups excluding carboxylic acids is 4. The Morgan fingerprint density at radius 3 is 1.00 bits per heavy atom. The minimum atomic E-state index is -0.532. The summed E-state index contributed by atoms with van der Waals surface area (Å²) in [5.41, 5.74) is 0. The Labute approximate surface area is 243 Å². The lowest BCUT2D eigenvalue weighted by Gasteiger charge is -2.26. The molecule has 2 saturated carbocycles. The molecule has 10 heteroatoms. The SMILES string of the molecule is CCCCCOC(=O)C1CC2OC2CC1C(=O)OCCCCCOC(=O)C1CC2OC2CC1C(=O)OCCCCC. The van der Waals surface area contributed by atoms with Crippen LogP contribution >= 0.6 is 0 Å². The summed E-state index contributed by atoms with van der Waals surface area (Å²) in [6, 6.07) is 0. The lowest BCUT2D eigenvalue weighted by molar-refractivity contribution is -0.162. The smallest absolute Gasteiger partial charge is 0.309 e. The lowest BCUT2D eigenvalue weighted by atomic mass is 9.79. The van der Waals surface area contributed by atoms with Gasteiger partial charge in [-0.1, -0.05) is 39.5 Å². The number of ether oxygens (including phenoxy) is 6. The van der Waals surface area contributed by atoms with Crippen LogP contribution in [-0.2, 0) is 47.6 Å². The summed E-state index contributed by atoms with van der Waals surface area (Å²) in [5.74, 6) is -3.48. The Kier molecular flexibility index (Phi) is 12.3. The number of esters is 4. The van der Waals surface area contributed by atoms with Gasteiger partial charge in [-0.2, -0.15) is 0 Å². The van der Waals surface area contributed by atoms with Crippen molar-refractivity contribution in [3.05, 3.63) is 0 Å². The highest BCUT2D eigenvalue weighted by Crippen LogP contribution is 2.45. The quantitative estimate of drug-likeness (QED) is 0.100. The van der Waals surface area contributed by atoms with Gasteiger partial charge in [0.2, 0.25) is 0 Å². The average molecular weight is 581 g/mol. The molecule has 2 aliphatic carbocycles. The molecule has 0 spiro atoms. The van der Waals surface area contributed by atoms with Crippen molar-refractivity contribution < 1.29 is 47.6 Å². The summed E-state index contributed by atoms with van der Waals surface area (Å²) in [4.78, 5) is 50.9. The van der Waals surface area contributed by atoms with Gasteiger partial charge in [0.05, 0.1) is 74.5 Å². The fourth-order valence-electron chi connectivity index (χ4n) is 6.09. The van der Waals surface area contributed by atoms with Crippen molar-refractivity contribution in [3.8, 4) is 0 Å². The Bertz CT molecular complexity index is 820. The van der Waals surface area contributed by atoms with Crippen molar-refractivity contribution in [3.63, 3.8) is 0 Å². The van der Waals surface area contributed by atoms with Gasteiger partial charge in [-0.05, 0) is 57.8 Å². The van der Waals surface area contributed by atoms with E-state index in [-0.39, 0.29) is 61.5 Å². The lowest BCUT2D eigenvalue weighted by Crippen LogP contribution is -2.38. The van der Waals surface area contributed by atoms with Gasteiger partial charge in [0.1, 0.15) is 0 Å². The molecule has 0 N–H and O–H groups in total. The molecule has 232 valence electrons. The molecule has 41 heavy (non-hydrogen) atoms. The highest BCUT2D eigenvalue weighted by Gasteiger charge is 2.54. The highest BCUT2D eigenvalue weighted by molar-refractivity contribution is 5.83. The summed E-state index contributed by atoms with van der Waals surface area (Å²) in [7, 11) is 0. The molecule has 0 bridgehead atoms. The molecule has 2 aliphatic heterocycles. The largest absolute Gasteiger partial charge is 0.465 e. The van der Waals surface area contributed by atoms with Crippen LogP contribution in [0.1, 0.15) is 97.3 Å². The molecule has 0 amide bonds. The third kappa shape index (κ3) is 9.40. The van der Waals surface area contributed by atoms with Crippen LogP contribution in [0.3, 0.4) is 0 Å². The van der Waals surface area contributed by atoms with Gasteiger partial charge in [-0.3, -0.25) is 19.2 Å². The van der Waals surface area contributed by atoms with Crippen molar-refractivity contribution in [2.75, 3.05) is 26.4 Å². The Morgan fingerprint density at radius 2 is 0.732 bits per heavy atom. The van der Waals surface area contributed by atoms with Gasteiger partial charge in [0.15, 0.2) is 0 Å². The highest BCUT2D eigenvalue weighted by atomic mass is 16.6. The number of unbranched alkanes of at least 4 members (excludes halogenated alkanes) is 6. The second-order valence-corrected chi connectivity index (χ2v) is 11.9. The second kappa shape index (κ2) is 15.9. The molecule has 2 saturated heterocycles. The molecule has 8 atom stereocenters. The number of hydrogen-bond donors (Lipinski definition) is 0. The summed E-state index contributed by atoms with van der Waals surface area (Å²) in [6.07, 6.45) is 9.88. The molecule has 0 aromatic carbocycles. The third-order valence-electron chi connectivity index (χ3n) is 8.76. The van der Waals surface area contributed by atoms with Crippen LogP contribution in [0.2, 0.25) is 0 Å². The first-order valence-electron chi connectivity index (χ1n) is 15.9. The molecule has 10 nitrogen and oxygen atoms in total. The summed E-state index contributed by atoms with van der Waals surface area (Å²) in [6.45, 7) is 5.42. The predicted molar refractivity (Wildman–Crippen MR) is 146 cm³/mol. The fourth-order valence-corrected chi connectivity index (χ4v) is 6.09. The molecule has 4 aliphatic rings. The molecule has 4 rings (SSSR count). The van der Waals surface area contributed by atoms with Crippen molar-refractivity contribution in [1.82, 2.24) is 0 Å². The first-order chi connectivity index (χ1) is 19.9. The van der Waals surface area contributed by atoms with Crippen LogP contribution in [0.5, 0.6) is 0 Å². The topological polar surface area (TPSA) is 130 Å². The van der Waals surface area contributed by atoms with E-state index in [1.165, 1.54) is 0 Å². The normalized spacial score (nSPS) is 31.3. The standard InChI is InChI=1S/C31H48O10/c1-3-5-8-12-36-28(32)20-16-24-26(40-24)18-22(20)30(34)38-14-10-7-11-15-39-31(35)23-19-27-25(41-27)17-21(23)29(33)37-13-9-6-4-2/h20-27H,3-19H2,1-2H3. The Morgan fingerprint density at radius 1 is 0.463 bits per heavy atom. The van der Waals surface area contributed by atoms with Crippen LogP contribution in [0.15, 0.2) is 0 Å². The minimum absolute atomic E-state index is 0.0374. The Hall–Kier alpha value is -2.20. The van der Waals surface area contributed by atoms with Crippen molar-refractivity contribution in [1.29, 1.82) is 0 Å². The molecule has 4 fully saturated rings. The molecule has 0 radical (unpaired) electrons. The van der Waals surface area contributed by atoms with Gasteiger partial charge in [0.25, 0.3) is 0 Å². The summed E-state index contributed by atoms with van der Waals surface area (Å²) < 4.78 is 33.1. The van der Waals surface area contributed by atoms with Crippen molar-refractivity contribution >= 4 is 23.9 Å². The maximum absolute atomic E-state index is 12.8. The monoisotopic (exact) mass is 580 g/mol. The van der Waals surface area contributed by atoms with Crippen LogP contribution in [0.25, 0.3) is 0 Å². The molecular formula is C31H48O10. The van der Waals surface area contributed by atoms with Gasteiger partial charge in [-0.25, -0.2) is 0 Å². The van der Waals surface area contributed by atoms with E-state index in [0.717, 1.165) is 38.5 Å². The first-order valence-corrected chi connectivity index (χ1v) is 15.9. The zero-order valence-electron chi connectivity index (χ0n) is 24.7. The first kappa shape index (κ1) is 31.7. The van der Waals surface area contributed by atoms with Crippen molar-refractivity contribution in [2.45, 2.75) is 122 Å². The van der Waals surface area contributed by atoms with E-state index >= 15 is 0 Å². The zero-order valence-corrected chi connectivity index (χ0v) is 24.7. The van der Waals surface area contributed by atoms with Crippen LogP contribution in [0.4, 0.5) is 0 Å². The number of hydrogen-bond acceptors (Lipinski definition) is 10. The average Bonchev–Trinajstić information content (AvgIpc) is 3.90. The molecular weight excluding hydrogens is 532 g/mol. The molecule has 8 unspecified atom stereocenters. The zero-order chi connectivity index (χ0) is 29.2. The van der Waals surface area contributed by atoms with Gasteiger partial charge < -0.3 is 28.4 Å². The second-order valence-electron chi connectivity index (χ2n) is 11.9. The van der Waals surface area contributed by atoms with Gasteiger partial charge in [-0.15, -0.1) is 0 Å². The summed E-state index contributed by atoms with van der Waals surface area (Å²) >= 11 is 0. The third-order valence-corrected chi connectivity index (χ3v) is 8.76. The maximum Gasteiger partial charge on any atom is 0.309 e. The van der Waals surface area contributed by atoms with E-state index in [1.807, 2.05) is 0 Å². The van der Waals surface area contributed by atoms with E-state index in [9.17, 15) is 19.2 Å². The number of fused-ring (bicyclic) bond motifs is 2. The van der Waals surface area contributed by atoms with Crippen LogP contribution in [-0.4, -0.2) is 74.7 Å². The van der Waals surface area contributed by atoms with E-state index in [4.69, 9.17) is 28.4 Å². The van der Waals surface area contributed by atoms with Crippen molar-refractivity contribution in [2.24, 2.45) is 23.7 Å². The minimum Gasteiger partial charge on any atom is -0.465 e. The molecule has 0 aromatic heterocycles. The predicted octanol–water partition coefficient (Wildman–Crippen LogP) is 4.30. The van der Waals surface area contributed by atoms with Crippen LogP contribution < -0.4 is 0 Å². The van der Waals surface area contributed by atoms with Gasteiger partial charge >= 0.3 is 23.9 Å². The van der Waals surface area contributed by atoms with E-state index in [2.05, 4.69) is 13.8 Å². The number of rotatable bonds is 18. The number of epoxide rings is 2. The van der Waals surface area contributed by atoms with E-state index < -0.39 is 23.7 Å². The van der Waals surface area contributed by atoms with E-state index in [0.29, 0.717) is 58.2 Å². The molecule has 0 aromatic rings. The van der Waals surface area contributed by atoms with Crippen LogP contribution in [0, 0.1) is 23.7 Å². The fraction of sp³-hybridized carbons (Fsp3) is 0.871. The number of carbonyl (C=O) groups is 4. The maximum atomic E-state index is 12.8. The molecule has 2 heterocycles. The van der Waals surface area contributed by atoms with Gasteiger partial charge in [0, 0.05) is 0 Å².